The Bertz CT molecular complexity index is 683. The molecule has 3 rings (SSSR count). The highest BCUT2D eigenvalue weighted by molar-refractivity contribution is 7.91. The lowest BCUT2D eigenvalue weighted by Crippen LogP contribution is -2.40. The summed E-state index contributed by atoms with van der Waals surface area (Å²) >= 11 is 0. The third kappa shape index (κ3) is 3.05. The monoisotopic (exact) mass is 321 g/mol. The minimum Gasteiger partial charge on any atom is -0.339 e. The van der Waals surface area contributed by atoms with Gasteiger partial charge < -0.3 is 4.90 Å². The van der Waals surface area contributed by atoms with E-state index < -0.39 is 9.84 Å². The largest absolute Gasteiger partial charge is 0.339 e. The summed E-state index contributed by atoms with van der Waals surface area (Å²) in [6.07, 6.45) is 1.44. The summed E-state index contributed by atoms with van der Waals surface area (Å²) in [5, 5.41) is 0. The number of amides is 1. The van der Waals surface area contributed by atoms with Crippen LogP contribution in [0.2, 0.25) is 0 Å². The molecule has 0 spiro atoms. The molecule has 0 unspecified atom stereocenters. The summed E-state index contributed by atoms with van der Waals surface area (Å²) in [6, 6.07) is 8.23. The van der Waals surface area contributed by atoms with Gasteiger partial charge in [0.05, 0.1) is 11.5 Å². The lowest BCUT2D eigenvalue weighted by atomic mass is 10.0. The molecule has 1 saturated heterocycles. The van der Waals surface area contributed by atoms with Crippen LogP contribution in [0.25, 0.3) is 0 Å². The molecule has 22 heavy (non-hydrogen) atoms. The summed E-state index contributed by atoms with van der Waals surface area (Å²) in [4.78, 5) is 14.6. The van der Waals surface area contributed by atoms with Crippen molar-refractivity contribution in [2.24, 2.45) is 5.92 Å². The Hall–Kier alpha value is -1.36. The maximum atomic E-state index is 12.8. The Kier molecular flexibility index (Phi) is 4.02. The summed E-state index contributed by atoms with van der Waals surface area (Å²) in [6.45, 7) is 4.39. The summed E-state index contributed by atoms with van der Waals surface area (Å²) < 4.78 is 23.5. The van der Waals surface area contributed by atoms with Crippen LogP contribution in [0.4, 0.5) is 0 Å². The number of sulfone groups is 1. The maximum absolute atomic E-state index is 12.8. The molecular formula is C17H23NO3S. The molecule has 0 N–H and O–H groups in total. The van der Waals surface area contributed by atoms with E-state index in [1.165, 1.54) is 11.1 Å². The average Bonchev–Trinajstić information content (AvgIpc) is 3.26. The zero-order valence-electron chi connectivity index (χ0n) is 13.2. The number of hydrogen-bond acceptors (Lipinski definition) is 3. The molecule has 0 radical (unpaired) electrons. The van der Waals surface area contributed by atoms with Crippen LogP contribution < -0.4 is 0 Å². The molecule has 120 valence electrons. The van der Waals surface area contributed by atoms with Crippen molar-refractivity contribution in [3.05, 3.63) is 35.4 Å². The van der Waals surface area contributed by atoms with Gasteiger partial charge in [0.15, 0.2) is 9.84 Å². The average molecular weight is 321 g/mol. The van der Waals surface area contributed by atoms with Gasteiger partial charge in [-0.2, -0.15) is 0 Å². The minimum atomic E-state index is -2.99. The lowest BCUT2D eigenvalue weighted by Gasteiger charge is -2.27. The first-order valence-electron chi connectivity index (χ1n) is 7.95. The first-order valence-corrected chi connectivity index (χ1v) is 9.77. The van der Waals surface area contributed by atoms with Gasteiger partial charge in [-0.3, -0.25) is 4.79 Å². The van der Waals surface area contributed by atoms with Crippen LogP contribution >= 0.6 is 0 Å². The second-order valence-corrected chi connectivity index (χ2v) is 8.93. The van der Waals surface area contributed by atoms with Crippen molar-refractivity contribution in [2.75, 3.05) is 18.1 Å². The Morgan fingerprint density at radius 3 is 2.68 bits per heavy atom. The predicted molar refractivity (Wildman–Crippen MR) is 86.5 cm³/mol. The molecule has 1 aromatic rings. The highest BCUT2D eigenvalue weighted by Gasteiger charge is 2.47. The lowest BCUT2D eigenvalue weighted by molar-refractivity contribution is -0.134. The van der Waals surface area contributed by atoms with Gasteiger partial charge in [0.2, 0.25) is 5.91 Å². The highest BCUT2D eigenvalue weighted by atomic mass is 32.2. The van der Waals surface area contributed by atoms with E-state index in [9.17, 15) is 13.2 Å². The number of hydrogen-bond donors (Lipinski definition) is 0. The van der Waals surface area contributed by atoms with Crippen molar-refractivity contribution in [3.63, 3.8) is 0 Å². The van der Waals surface area contributed by atoms with Crippen molar-refractivity contribution in [3.8, 4) is 0 Å². The van der Waals surface area contributed by atoms with E-state index in [4.69, 9.17) is 0 Å². The number of carbonyl (C=O) groups is 1. The Morgan fingerprint density at radius 2 is 1.95 bits per heavy atom. The molecular weight excluding hydrogens is 298 g/mol. The van der Waals surface area contributed by atoms with Crippen LogP contribution in [0, 0.1) is 12.8 Å². The molecule has 5 heteroatoms. The van der Waals surface area contributed by atoms with Gasteiger partial charge >= 0.3 is 0 Å². The molecule has 4 nitrogen and oxygen atoms in total. The van der Waals surface area contributed by atoms with E-state index in [-0.39, 0.29) is 29.4 Å². The molecule has 2 aliphatic rings. The smallest absolute Gasteiger partial charge is 0.226 e. The van der Waals surface area contributed by atoms with Crippen LogP contribution in [-0.2, 0) is 14.6 Å². The third-order valence-corrected chi connectivity index (χ3v) is 6.66. The van der Waals surface area contributed by atoms with Crippen molar-refractivity contribution in [2.45, 2.75) is 38.6 Å². The molecule has 2 fully saturated rings. The van der Waals surface area contributed by atoms with Crippen molar-refractivity contribution in [1.82, 2.24) is 4.90 Å². The van der Waals surface area contributed by atoms with Crippen LogP contribution in [0.15, 0.2) is 24.3 Å². The molecule has 1 aromatic carbocycles. The summed E-state index contributed by atoms with van der Waals surface area (Å²) in [7, 11) is -2.99. The molecule has 1 amide bonds. The summed E-state index contributed by atoms with van der Waals surface area (Å²) in [5.74, 6) is 0.775. The highest BCUT2D eigenvalue weighted by Crippen LogP contribution is 2.49. The van der Waals surface area contributed by atoms with Crippen molar-refractivity contribution >= 4 is 15.7 Å². The molecule has 1 heterocycles. The fraction of sp³-hybridized carbons (Fsp3) is 0.588. The topological polar surface area (TPSA) is 54.5 Å². The normalized spacial score (nSPS) is 30.6. The van der Waals surface area contributed by atoms with Crippen LogP contribution in [0.5, 0.6) is 0 Å². The third-order valence-electron chi connectivity index (χ3n) is 5.00. The molecule has 0 bridgehead atoms. The molecule has 1 saturated carbocycles. The Balaban J connectivity index is 1.72. The zero-order chi connectivity index (χ0) is 15.9. The second-order valence-electron chi connectivity index (χ2n) is 6.63. The van der Waals surface area contributed by atoms with E-state index in [2.05, 4.69) is 19.1 Å². The fourth-order valence-electron chi connectivity index (χ4n) is 3.42. The van der Waals surface area contributed by atoms with Gasteiger partial charge in [0, 0.05) is 18.5 Å². The number of carbonyl (C=O) groups excluding carboxylic acids is 1. The number of aryl methyl sites for hydroxylation is 1. The number of benzene rings is 1. The minimum absolute atomic E-state index is 0.0166. The van der Waals surface area contributed by atoms with Gasteiger partial charge in [-0.25, -0.2) is 8.42 Å². The van der Waals surface area contributed by atoms with Gasteiger partial charge in [-0.05, 0) is 43.7 Å². The van der Waals surface area contributed by atoms with E-state index in [1.54, 1.807) is 4.90 Å². The van der Waals surface area contributed by atoms with Gasteiger partial charge in [-0.15, -0.1) is 0 Å². The van der Waals surface area contributed by atoms with Crippen LogP contribution in [0.3, 0.4) is 0 Å². The van der Waals surface area contributed by atoms with Crippen LogP contribution in [0.1, 0.15) is 36.8 Å². The number of nitrogens with zero attached hydrogens (tertiary/aromatic N) is 1. The zero-order valence-corrected chi connectivity index (χ0v) is 14.0. The van der Waals surface area contributed by atoms with Gasteiger partial charge in [0.25, 0.3) is 0 Å². The Labute approximate surface area is 132 Å². The van der Waals surface area contributed by atoms with E-state index in [0.717, 1.165) is 6.42 Å². The van der Waals surface area contributed by atoms with Crippen LogP contribution in [-0.4, -0.2) is 43.3 Å². The SMILES string of the molecule is Cc1ccccc1[C@@H]1C[C@@H]1C(=O)N1CCS(=O)(=O)CC[C@@H]1C. The molecule has 3 atom stereocenters. The van der Waals surface area contributed by atoms with Crippen molar-refractivity contribution < 1.29 is 13.2 Å². The number of rotatable bonds is 2. The molecule has 1 aliphatic heterocycles. The van der Waals surface area contributed by atoms with E-state index in [1.807, 2.05) is 19.1 Å². The Morgan fingerprint density at radius 1 is 1.23 bits per heavy atom. The van der Waals surface area contributed by atoms with Gasteiger partial charge in [0.1, 0.15) is 0 Å². The first-order chi connectivity index (χ1) is 10.4. The maximum Gasteiger partial charge on any atom is 0.226 e. The van der Waals surface area contributed by atoms with E-state index >= 15 is 0 Å². The second kappa shape index (κ2) is 5.69. The quantitative estimate of drug-likeness (QED) is 0.838. The van der Waals surface area contributed by atoms with Gasteiger partial charge in [-0.1, -0.05) is 24.3 Å². The molecule has 0 aromatic heterocycles. The van der Waals surface area contributed by atoms with E-state index in [0.29, 0.717) is 18.9 Å². The standard InChI is InChI=1S/C17H23NO3S/c1-12-5-3-4-6-14(12)15-11-16(15)17(19)18-8-10-22(20,21)9-7-13(18)2/h3-6,13,15-16H,7-11H2,1-2H3/t13-,15-,16-/m0/s1. The predicted octanol–water partition coefficient (Wildman–Crippen LogP) is 2.13. The summed E-state index contributed by atoms with van der Waals surface area (Å²) in [5.41, 5.74) is 2.49. The molecule has 1 aliphatic carbocycles. The fourth-order valence-corrected chi connectivity index (χ4v) is 4.80. The van der Waals surface area contributed by atoms with Crippen molar-refractivity contribution in [1.29, 1.82) is 0 Å². The first kappa shape index (κ1) is 15.5.